The van der Waals surface area contributed by atoms with Crippen LogP contribution in [-0.4, -0.2) is 26.5 Å². The maximum Gasteiger partial charge on any atom is 0.269 e. The molecule has 0 aliphatic heterocycles. The van der Waals surface area contributed by atoms with Gasteiger partial charge in [-0.05, 0) is 60.2 Å². The molecule has 0 bridgehead atoms. The van der Waals surface area contributed by atoms with Gasteiger partial charge in [0.15, 0.2) is 0 Å². The van der Waals surface area contributed by atoms with E-state index < -0.39 is 15.9 Å². The molecule has 0 radical (unpaired) electrons. The Morgan fingerprint density at radius 1 is 0.935 bits per heavy atom. The lowest BCUT2D eigenvalue weighted by atomic mass is 10.2. The molecular weight excluding hydrogens is 418 g/mol. The molecule has 1 amide bonds. The van der Waals surface area contributed by atoms with Crippen LogP contribution in [0.1, 0.15) is 15.9 Å². The van der Waals surface area contributed by atoms with Gasteiger partial charge in [0.05, 0.1) is 23.4 Å². The van der Waals surface area contributed by atoms with Gasteiger partial charge in [-0.3, -0.25) is 20.4 Å². The standard InChI is InChI=1S/C22H21N3O5S/c1-15(16-10-12-18(26)13-11-16)23-24-22(27)17-6-5-7-19(14-17)31(28,29)25-20-8-3-4-9-21(20)30-2/h3-14,23,25-26H,1H2,2H3,(H,24,27). The Balaban J connectivity index is 1.72. The summed E-state index contributed by atoms with van der Waals surface area (Å²) in [6, 6.07) is 18.5. The van der Waals surface area contributed by atoms with Gasteiger partial charge in [-0.15, -0.1) is 0 Å². The number of anilines is 1. The number of hydrazine groups is 1. The van der Waals surface area contributed by atoms with E-state index in [0.717, 1.165) is 0 Å². The molecule has 3 aromatic rings. The molecule has 0 heterocycles. The lowest BCUT2D eigenvalue weighted by molar-refractivity contribution is 0.0942. The first-order valence-electron chi connectivity index (χ1n) is 9.11. The SMILES string of the molecule is C=C(NNC(=O)c1cccc(S(=O)(=O)Nc2ccccc2OC)c1)c1ccc(O)cc1. The highest BCUT2D eigenvalue weighted by Gasteiger charge is 2.18. The van der Waals surface area contributed by atoms with Gasteiger partial charge < -0.3 is 9.84 Å². The lowest BCUT2D eigenvalue weighted by Crippen LogP contribution is -2.35. The van der Waals surface area contributed by atoms with Crippen molar-refractivity contribution in [2.24, 2.45) is 0 Å². The largest absolute Gasteiger partial charge is 0.508 e. The number of sulfonamides is 1. The predicted molar refractivity (Wildman–Crippen MR) is 118 cm³/mol. The minimum atomic E-state index is -3.95. The topological polar surface area (TPSA) is 117 Å². The molecule has 0 aromatic heterocycles. The molecule has 3 aromatic carbocycles. The first-order chi connectivity index (χ1) is 14.8. The van der Waals surface area contributed by atoms with Crippen molar-refractivity contribution in [3.05, 3.63) is 90.5 Å². The van der Waals surface area contributed by atoms with Crippen molar-refractivity contribution >= 4 is 27.3 Å². The summed E-state index contributed by atoms with van der Waals surface area (Å²) in [5.41, 5.74) is 6.62. The summed E-state index contributed by atoms with van der Waals surface area (Å²) in [6.07, 6.45) is 0. The van der Waals surface area contributed by atoms with Gasteiger partial charge in [0.2, 0.25) is 0 Å². The van der Waals surface area contributed by atoms with Crippen molar-refractivity contribution in [1.82, 2.24) is 10.9 Å². The van der Waals surface area contributed by atoms with Crippen LogP contribution in [-0.2, 0) is 10.0 Å². The number of carbonyl (C=O) groups excluding carboxylic acids is 1. The first kappa shape index (κ1) is 21.7. The smallest absolute Gasteiger partial charge is 0.269 e. The van der Waals surface area contributed by atoms with E-state index >= 15 is 0 Å². The van der Waals surface area contributed by atoms with Crippen molar-refractivity contribution in [2.45, 2.75) is 4.90 Å². The van der Waals surface area contributed by atoms with Crippen LogP contribution in [0.15, 0.2) is 84.3 Å². The first-order valence-corrected chi connectivity index (χ1v) is 10.6. The van der Waals surface area contributed by atoms with E-state index in [2.05, 4.69) is 22.2 Å². The number of para-hydroxylation sites is 2. The number of amides is 1. The van der Waals surface area contributed by atoms with Crippen molar-refractivity contribution in [3.8, 4) is 11.5 Å². The van der Waals surface area contributed by atoms with Crippen LogP contribution < -0.4 is 20.3 Å². The number of rotatable bonds is 8. The molecule has 0 aliphatic carbocycles. The highest BCUT2D eigenvalue weighted by atomic mass is 32.2. The fourth-order valence-corrected chi connectivity index (χ4v) is 3.79. The van der Waals surface area contributed by atoms with Gasteiger partial charge in [-0.1, -0.05) is 24.8 Å². The number of benzene rings is 3. The van der Waals surface area contributed by atoms with E-state index in [0.29, 0.717) is 17.0 Å². The maximum absolute atomic E-state index is 12.8. The summed E-state index contributed by atoms with van der Waals surface area (Å²) in [5.74, 6) is -0.0634. The van der Waals surface area contributed by atoms with E-state index in [1.54, 1.807) is 36.4 Å². The van der Waals surface area contributed by atoms with E-state index in [1.807, 2.05) is 0 Å². The van der Waals surface area contributed by atoms with Crippen molar-refractivity contribution in [2.75, 3.05) is 11.8 Å². The normalized spacial score (nSPS) is 10.7. The number of nitrogens with one attached hydrogen (secondary N) is 3. The Hall–Kier alpha value is -3.98. The maximum atomic E-state index is 12.8. The van der Waals surface area contributed by atoms with Gasteiger partial charge in [-0.2, -0.15) is 0 Å². The summed E-state index contributed by atoms with van der Waals surface area (Å²) in [4.78, 5) is 12.4. The van der Waals surface area contributed by atoms with Crippen LogP contribution in [0.4, 0.5) is 5.69 Å². The third-order valence-corrected chi connectivity index (χ3v) is 5.66. The molecule has 9 heteroatoms. The summed E-state index contributed by atoms with van der Waals surface area (Å²) in [5, 5.41) is 9.34. The monoisotopic (exact) mass is 439 g/mol. The molecule has 4 N–H and O–H groups in total. The van der Waals surface area contributed by atoms with Crippen LogP contribution in [0.5, 0.6) is 11.5 Å². The number of phenols is 1. The Kier molecular flexibility index (Phi) is 6.46. The minimum absolute atomic E-state index is 0.0802. The molecule has 0 fully saturated rings. The fourth-order valence-electron chi connectivity index (χ4n) is 2.68. The van der Waals surface area contributed by atoms with E-state index in [-0.39, 0.29) is 21.9 Å². The predicted octanol–water partition coefficient (Wildman–Crippen LogP) is 3.11. The van der Waals surface area contributed by atoms with Crippen molar-refractivity contribution in [3.63, 3.8) is 0 Å². The Bertz CT molecular complexity index is 1210. The number of hydrogen-bond donors (Lipinski definition) is 4. The molecule has 160 valence electrons. The van der Waals surface area contributed by atoms with E-state index in [1.165, 1.54) is 43.5 Å². The van der Waals surface area contributed by atoms with Crippen LogP contribution in [0, 0.1) is 0 Å². The van der Waals surface area contributed by atoms with Crippen molar-refractivity contribution < 1.29 is 23.1 Å². The highest BCUT2D eigenvalue weighted by Crippen LogP contribution is 2.26. The van der Waals surface area contributed by atoms with Crippen molar-refractivity contribution in [1.29, 1.82) is 0 Å². The second-order valence-electron chi connectivity index (χ2n) is 6.44. The second-order valence-corrected chi connectivity index (χ2v) is 8.12. The zero-order valence-electron chi connectivity index (χ0n) is 16.6. The number of aromatic hydroxyl groups is 1. The number of ether oxygens (including phenoxy) is 1. The molecule has 31 heavy (non-hydrogen) atoms. The van der Waals surface area contributed by atoms with Crippen LogP contribution >= 0.6 is 0 Å². The Morgan fingerprint density at radius 3 is 2.35 bits per heavy atom. The summed E-state index contributed by atoms with van der Waals surface area (Å²) >= 11 is 0. The molecule has 0 saturated heterocycles. The molecule has 0 spiro atoms. The quantitative estimate of drug-likeness (QED) is 0.401. The molecule has 0 unspecified atom stereocenters. The molecule has 0 aliphatic rings. The molecule has 0 saturated carbocycles. The zero-order valence-corrected chi connectivity index (χ0v) is 17.4. The summed E-state index contributed by atoms with van der Waals surface area (Å²) in [7, 11) is -2.51. The van der Waals surface area contributed by atoms with Gasteiger partial charge in [0.1, 0.15) is 11.5 Å². The third-order valence-electron chi connectivity index (χ3n) is 4.30. The van der Waals surface area contributed by atoms with Crippen LogP contribution in [0.25, 0.3) is 5.70 Å². The Labute approximate surface area is 180 Å². The third kappa shape index (κ3) is 5.34. The van der Waals surface area contributed by atoms with Gasteiger partial charge in [0.25, 0.3) is 15.9 Å². The Morgan fingerprint density at radius 2 is 1.65 bits per heavy atom. The lowest BCUT2D eigenvalue weighted by Gasteiger charge is -2.13. The average Bonchev–Trinajstić information content (AvgIpc) is 2.78. The highest BCUT2D eigenvalue weighted by molar-refractivity contribution is 7.92. The fraction of sp³-hybridized carbons (Fsp3) is 0.0455. The number of carbonyl (C=O) groups is 1. The minimum Gasteiger partial charge on any atom is -0.508 e. The average molecular weight is 439 g/mol. The number of phenolic OH excluding ortho intramolecular Hbond substituents is 1. The van der Waals surface area contributed by atoms with E-state index in [9.17, 15) is 18.3 Å². The van der Waals surface area contributed by atoms with E-state index in [4.69, 9.17) is 4.74 Å². The van der Waals surface area contributed by atoms with Crippen LogP contribution in [0.3, 0.4) is 0 Å². The van der Waals surface area contributed by atoms with Gasteiger partial charge >= 0.3 is 0 Å². The summed E-state index contributed by atoms with van der Waals surface area (Å²) in [6.45, 7) is 3.82. The molecule has 3 rings (SSSR count). The number of methoxy groups -OCH3 is 1. The zero-order chi connectivity index (χ0) is 22.4. The number of hydrogen-bond acceptors (Lipinski definition) is 6. The molecular formula is C22H21N3O5S. The molecule has 8 nitrogen and oxygen atoms in total. The van der Waals surface area contributed by atoms with Gasteiger partial charge in [-0.25, -0.2) is 8.42 Å². The van der Waals surface area contributed by atoms with Gasteiger partial charge in [0, 0.05) is 5.56 Å². The second kappa shape index (κ2) is 9.23. The molecule has 0 atom stereocenters. The van der Waals surface area contributed by atoms with Crippen LogP contribution in [0.2, 0.25) is 0 Å². The summed E-state index contributed by atoms with van der Waals surface area (Å²) < 4.78 is 33.2.